The molecule has 0 unspecified atom stereocenters. The van der Waals surface area contributed by atoms with Crippen molar-refractivity contribution in [1.82, 2.24) is 10.2 Å². The van der Waals surface area contributed by atoms with Gasteiger partial charge in [0.05, 0.1) is 20.3 Å². The molecule has 0 spiro atoms. The number of amides is 1. The predicted molar refractivity (Wildman–Crippen MR) is 115 cm³/mol. The highest BCUT2D eigenvalue weighted by atomic mass is 19.1. The van der Waals surface area contributed by atoms with Crippen LogP contribution >= 0.6 is 0 Å². The molecule has 1 N–H and O–H groups in total. The third-order valence-corrected chi connectivity index (χ3v) is 5.81. The molecule has 0 aliphatic carbocycles. The molecular formula is C24H31FN2O3. The number of halogens is 1. The first-order valence-corrected chi connectivity index (χ1v) is 10.5. The van der Waals surface area contributed by atoms with Crippen LogP contribution in [0.25, 0.3) is 0 Å². The van der Waals surface area contributed by atoms with Crippen molar-refractivity contribution in [3.8, 4) is 11.5 Å². The molecule has 6 heteroatoms. The van der Waals surface area contributed by atoms with Gasteiger partial charge in [-0.2, -0.15) is 0 Å². The molecule has 1 aliphatic rings. The van der Waals surface area contributed by atoms with Crippen molar-refractivity contribution in [2.75, 3.05) is 27.3 Å². The molecule has 1 fully saturated rings. The Bertz CT molecular complexity index is 833. The van der Waals surface area contributed by atoms with Crippen molar-refractivity contribution < 1.29 is 18.7 Å². The second kappa shape index (κ2) is 10.4. The number of methoxy groups -OCH3 is 2. The van der Waals surface area contributed by atoms with Crippen LogP contribution in [0.2, 0.25) is 0 Å². The molecule has 2 aromatic carbocycles. The second-order valence-corrected chi connectivity index (χ2v) is 7.76. The van der Waals surface area contributed by atoms with Crippen LogP contribution in [0.15, 0.2) is 42.5 Å². The number of hydrogen-bond donors (Lipinski definition) is 1. The smallest absolute Gasteiger partial charge is 0.223 e. The Kier molecular flexibility index (Phi) is 7.69. The number of likely N-dealkylation sites (tertiary alicyclic amines) is 1. The van der Waals surface area contributed by atoms with E-state index >= 15 is 0 Å². The Balaban J connectivity index is 1.54. The van der Waals surface area contributed by atoms with Gasteiger partial charge in [0, 0.05) is 12.5 Å². The lowest BCUT2D eigenvalue weighted by Gasteiger charge is -2.32. The van der Waals surface area contributed by atoms with E-state index in [1.165, 1.54) is 12.1 Å². The minimum absolute atomic E-state index is 0.0173. The van der Waals surface area contributed by atoms with Crippen molar-refractivity contribution in [3.05, 3.63) is 59.4 Å². The number of ether oxygens (including phenoxy) is 2. The molecule has 0 saturated carbocycles. The maximum Gasteiger partial charge on any atom is 0.223 e. The lowest BCUT2D eigenvalue weighted by molar-refractivity contribution is -0.127. The Morgan fingerprint density at radius 3 is 2.37 bits per heavy atom. The van der Waals surface area contributed by atoms with E-state index in [1.807, 2.05) is 30.3 Å². The summed E-state index contributed by atoms with van der Waals surface area (Å²) in [4.78, 5) is 15.2. The number of hydrogen-bond acceptors (Lipinski definition) is 4. The average Bonchev–Trinajstić information content (AvgIpc) is 2.78. The third-order valence-electron chi connectivity index (χ3n) is 5.81. The fourth-order valence-electron chi connectivity index (χ4n) is 3.98. The van der Waals surface area contributed by atoms with Gasteiger partial charge in [0.15, 0.2) is 11.5 Å². The number of carbonyl (C=O) groups is 1. The Morgan fingerprint density at radius 2 is 1.77 bits per heavy atom. The minimum atomic E-state index is -0.214. The molecule has 0 radical (unpaired) electrons. The van der Waals surface area contributed by atoms with Crippen LogP contribution in [0.4, 0.5) is 4.39 Å². The van der Waals surface area contributed by atoms with Gasteiger partial charge in [-0.25, -0.2) is 4.39 Å². The highest BCUT2D eigenvalue weighted by Gasteiger charge is 2.27. The maximum absolute atomic E-state index is 13.1. The molecular weight excluding hydrogens is 383 g/mol. The van der Waals surface area contributed by atoms with Crippen molar-refractivity contribution >= 4 is 5.91 Å². The quantitative estimate of drug-likeness (QED) is 0.699. The Morgan fingerprint density at radius 1 is 1.10 bits per heavy atom. The third kappa shape index (κ3) is 5.51. The normalized spacial score (nSPS) is 16.1. The summed E-state index contributed by atoms with van der Waals surface area (Å²) >= 11 is 0. The number of nitrogens with zero attached hydrogens (tertiary/aromatic N) is 1. The van der Waals surface area contributed by atoms with Gasteiger partial charge in [-0.1, -0.05) is 25.1 Å². The Hall–Kier alpha value is -2.60. The van der Waals surface area contributed by atoms with Crippen LogP contribution in [0.3, 0.4) is 0 Å². The largest absolute Gasteiger partial charge is 0.493 e. The second-order valence-electron chi connectivity index (χ2n) is 7.76. The zero-order valence-corrected chi connectivity index (χ0v) is 18.0. The summed E-state index contributed by atoms with van der Waals surface area (Å²) < 4.78 is 23.8. The van der Waals surface area contributed by atoms with Crippen LogP contribution < -0.4 is 14.8 Å². The van der Waals surface area contributed by atoms with Crippen LogP contribution in [-0.4, -0.2) is 38.1 Å². The summed E-state index contributed by atoms with van der Waals surface area (Å²) in [6.45, 7) is 4.58. The fraction of sp³-hybridized carbons (Fsp3) is 0.458. The van der Waals surface area contributed by atoms with E-state index in [1.54, 1.807) is 14.2 Å². The summed E-state index contributed by atoms with van der Waals surface area (Å²) in [6.07, 6.45) is 2.45. The molecule has 1 amide bonds. The van der Waals surface area contributed by atoms with Gasteiger partial charge in [-0.15, -0.1) is 0 Å². The summed E-state index contributed by atoms with van der Waals surface area (Å²) in [5.74, 6) is 1.25. The van der Waals surface area contributed by atoms with Crippen molar-refractivity contribution in [2.24, 2.45) is 5.92 Å². The van der Waals surface area contributed by atoms with Crippen LogP contribution in [0.1, 0.15) is 43.4 Å². The van der Waals surface area contributed by atoms with Gasteiger partial charge >= 0.3 is 0 Å². The average molecular weight is 415 g/mol. The monoisotopic (exact) mass is 414 g/mol. The van der Waals surface area contributed by atoms with E-state index in [0.717, 1.165) is 50.0 Å². The van der Waals surface area contributed by atoms with E-state index in [9.17, 15) is 9.18 Å². The molecule has 0 aromatic heterocycles. The summed E-state index contributed by atoms with van der Waals surface area (Å²) in [6, 6.07) is 12.3. The van der Waals surface area contributed by atoms with Gasteiger partial charge in [0.1, 0.15) is 5.82 Å². The zero-order valence-electron chi connectivity index (χ0n) is 18.0. The topological polar surface area (TPSA) is 50.8 Å². The molecule has 162 valence electrons. The molecule has 5 nitrogen and oxygen atoms in total. The summed E-state index contributed by atoms with van der Waals surface area (Å²) in [5, 5.41) is 3.22. The molecule has 1 atom stereocenters. The highest BCUT2D eigenvalue weighted by Crippen LogP contribution is 2.31. The van der Waals surface area contributed by atoms with Gasteiger partial charge in [0.25, 0.3) is 0 Å². The number of nitrogens with one attached hydrogen (secondary N) is 1. The van der Waals surface area contributed by atoms with Crippen LogP contribution in [0, 0.1) is 11.7 Å². The maximum atomic E-state index is 13.1. The van der Waals surface area contributed by atoms with E-state index < -0.39 is 0 Å². The fourth-order valence-corrected chi connectivity index (χ4v) is 3.98. The minimum Gasteiger partial charge on any atom is -0.493 e. The van der Waals surface area contributed by atoms with Gasteiger partial charge < -0.3 is 14.8 Å². The van der Waals surface area contributed by atoms with Crippen molar-refractivity contribution in [1.29, 1.82) is 0 Å². The number of benzene rings is 2. The van der Waals surface area contributed by atoms with Crippen LogP contribution in [-0.2, 0) is 11.3 Å². The van der Waals surface area contributed by atoms with E-state index in [2.05, 4.69) is 17.1 Å². The van der Waals surface area contributed by atoms with E-state index in [-0.39, 0.29) is 23.7 Å². The first-order chi connectivity index (χ1) is 14.5. The Labute approximate surface area is 178 Å². The van der Waals surface area contributed by atoms with Gasteiger partial charge in [0.2, 0.25) is 5.91 Å². The molecule has 1 saturated heterocycles. The molecule has 30 heavy (non-hydrogen) atoms. The molecule has 3 rings (SSSR count). The van der Waals surface area contributed by atoms with Crippen LogP contribution in [0.5, 0.6) is 11.5 Å². The number of rotatable bonds is 8. The zero-order chi connectivity index (χ0) is 21.5. The SMILES string of the molecule is CC[C@@H](NC(=O)C1CCN(Cc2ccc(F)cc2)CC1)c1ccc(OC)c(OC)c1. The standard InChI is InChI=1S/C24H31FN2O3/c1-4-21(19-7-10-22(29-2)23(15-19)30-3)26-24(28)18-11-13-27(14-12-18)16-17-5-8-20(25)9-6-17/h5-10,15,18,21H,4,11-14,16H2,1-3H3,(H,26,28)/t21-/m1/s1. The van der Waals surface area contributed by atoms with Gasteiger partial charge in [-0.3, -0.25) is 9.69 Å². The van der Waals surface area contributed by atoms with Crippen molar-refractivity contribution in [2.45, 2.75) is 38.8 Å². The summed E-state index contributed by atoms with van der Waals surface area (Å²) in [7, 11) is 3.22. The highest BCUT2D eigenvalue weighted by molar-refractivity contribution is 5.79. The summed E-state index contributed by atoms with van der Waals surface area (Å²) in [5.41, 5.74) is 2.11. The van der Waals surface area contributed by atoms with E-state index in [4.69, 9.17) is 9.47 Å². The lowest BCUT2D eigenvalue weighted by atomic mass is 9.94. The molecule has 1 aliphatic heterocycles. The lowest BCUT2D eigenvalue weighted by Crippen LogP contribution is -2.41. The predicted octanol–water partition coefficient (Wildman–Crippen LogP) is 4.32. The van der Waals surface area contributed by atoms with Gasteiger partial charge in [-0.05, 0) is 67.7 Å². The molecule has 2 aromatic rings. The molecule has 0 bridgehead atoms. The number of piperidine rings is 1. The first-order valence-electron chi connectivity index (χ1n) is 10.5. The number of carbonyl (C=O) groups excluding carboxylic acids is 1. The first kappa shape index (κ1) is 22.1. The molecule has 1 heterocycles. The van der Waals surface area contributed by atoms with E-state index in [0.29, 0.717) is 11.5 Å². The van der Waals surface area contributed by atoms with Crippen molar-refractivity contribution in [3.63, 3.8) is 0 Å².